The van der Waals surface area contributed by atoms with E-state index >= 15 is 0 Å². The average molecular weight is 412 g/mol. The zero-order valence-corrected chi connectivity index (χ0v) is 17.6. The summed E-state index contributed by atoms with van der Waals surface area (Å²) in [6.45, 7) is 3.14. The summed E-state index contributed by atoms with van der Waals surface area (Å²) in [5.41, 5.74) is 2.11. The van der Waals surface area contributed by atoms with Crippen LogP contribution in [0.25, 0.3) is 0 Å². The predicted octanol–water partition coefficient (Wildman–Crippen LogP) is 3.99. The molecule has 0 radical (unpaired) electrons. The third-order valence-electron chi connectivity index (χ3n) is 5.85. The van der Waals surface area contributed by atoms with Gasteiger partial charge in [-0.15, -0.1) is 0 Å². The van der Waals surface area contributed by atoms with Gasteiger partial charge in [0.05, 0.1) is 10.7 Å². The molecule has 28 heavy (non-hydrogen) atoms. The molecule has 156 valence electrons. The van der Waals surface area contributed by atoms with Crippen molar-refractivity contribution in [2.24, 2.45) is 5.92 Å². The summed E-state index contributed by atoms with van der Waals surface area (Å²) in [5, 5.41) is 3.57. The molecule has 2 amide bonds. The fourth-order valence-electron chi connectivity index (χ4n) is 3.99. The van der Waals surface area contributed by atoms with Gasteiger partial charge in [-0.3, -0.25) is 4.90 Å². The van der Waals surface area contributed by atoms with Crippen molar-refractivity contribution in [3.63, 3.8) is 0 Å². The van der Waals surface area contributed by atoms with Gasteiger partial charge in [0.25, 0.3) is 0 Å². The van der Waals surface area contributed by atoms with Crippen LogP contribution in [0.2, 0.25) is 5.02 Å². The molecule has 1 saturated heterocycles. The summed E-state index contributed by atoms with van der Waals surface area (Å²) in [6, 6.07) is 5.34. The Bertz CT molecular complexity index is 821. The second-order valence-electron chi connectivity index (χ2n) is 7.93. The van der Waals surface area contributed by atoms with Crippen LogP contribution in [0.5, 0.6) is 0 Å². The number of carbonyl (C=O) groups is 1. The predicted molar refractivity (Wildman–Crippen MR) is 117 cm³/mol. The lowest BCUT2D eigenvalue weighted by molar-refractivity contribution is 0.194. The Balaban J connectivity index is 1.46. The molecule has 1 aromatic rings. The third kappa shape index (κ3) is 5.54. The van der Waals surface area contributed by atoms with Gasteiger partial charge < -0.3 is 15.1 Å². The molecule has 1 heterocycles. The van der Waals surface area contributed by atoms with Crippen LogP contribution in [0.15, 0.2) is 18.2 Å². The number of hydrogen-bond acceptors (Lipinski definition) is 3. The number of benzene rings is 1. The third-order valence-corrected chi connectivity index (χ3v) is 6.34. The van der Waals surface area contributed by atoms with Crippen LogP contribution < -0.4 is 10.2 Å². The number of rotatable bonds is 5. The molecule has 1 N–H and O–H groups in total. The summed E-state index contributed by atoms with van der Waals surface area (Å²) >= 11 is 6.48. The minimum Gasteiger partial charge on any atom is -0.368 e. The van der Waals surface area contributed by atoms with Gasteiger partial charge in [-0.1, -0.05) is 23.7 Å². The fourth-order valence-corrected chi connectivity index (χ4v) is 4.24. The number of amides is 2. The van der Waals surface area contributed by atoms with Gasteiger partial charge in [0.2, 0.25) is 0 Å². The van der Waals surface area contributed by atoms with E-state index in [-0.39, 0.29) is 12.0 Å². The highest BCUT2D eigenvalue weighted by Gasteiger charge is 2.24. The van der Waals surface area contributed by atoms with Crippen LogP contribution in [-0.2, 0) is 0 Å². The van der Waals surface area contributed by atoms with Crippen molar-refractivity contribution in [3.05, 3.63) is 28.8 Å². The minimum atomic E-state index is -2.46. The second kappa shape index (κ2) is 9.84. The maximum atomic E-state index is 12.1. The number of piperazine rings is 1. The molecule has 1 saturated carbocycles. The first kappa shape index (κ1) is 15.4. The van der Waals surface area contributed by atoms with Crippen molar-refractivity contribution in [1.82, 2.24) is 15.1 Å². The Hall–Kier alpha value is -1.46. The highest BCUT2D eigenvalue weighted by Crippen LogP contribution is 2.30. The number of anilines is 1. The molecule has 0 spiro atoms. The van der Waals surface area contributed by atoms with Crippen molar-refractivity contribution < 1.29 is 11.6 Å². The van der Waals surface area contributed by atoms with Gasteiger partial charge in [0.1, 0.15) is 0 Å². The normalized spacial score (nSPS) is 27.1. The van der Waals surface area contributed by atoms with Crippen molar-refractivity contribution >= 4 is 23.3 Å². The van der Waals surface area contributed by atoms with Crippen LogP contribution in [0.4, 0.5) is 10.5 Å². The molecule has 0 unspecified atom stereocenters. The van der Waals surface area contributed by atoms with E-state index in [1.165, 1.54) is 7.05 Å². The zero-order chi connectivity index (χ0) is 24.4. The molecule has 2 aliphatic rings. The first-order valence-electron chi connectivity index (χ1n) is 12.7. The number of hydrogen-bond donors (Lipinski definition) is 1. The standard InChI is InChI=1S/C22H35ClN4O/c1-17-5-4-6-20(21(17)23)27-15-13-26(14-16-27)12-11-18-7-9-19(10-8-18)24-22(28)25(2)3/h4-6,18-19H,7-16H2,1-3H3,(H,24,28)/i2D3,11D2. The van der Waals surface area contributed by atoms with Gasteiger partial charge >= 0.3 is 6.03 Å². The topological polar surface area (TPSA) is 38.8 Å². The van der Waals surface area contributed by atoms with Gasteiger partial charge in [0.15, 0.2) is 0 Å². The molecule has 0 bridgehead atoms. The first-order valence-corrected chi connectivity index (χ1v) is 10.5. The smallest absolute Gasteiger partial charge is 0.317 e. The number of nitrogens with one attached hydrogen (secondary N) is 1. The zero-order valence-electron chi connectivity index (χ0n) is 21.9. The maximum Gasteiger partial charge on any atom is 0.317 e. The first-order chi connectivity index (χ1) is 15.4. The number of carbonyl (C=O) groups excluding carboxylic acids is 1. The SMILES string of the molecule is [2H]C([2H])(CN1CCN(c2cccc(C)c2Cl)CC1)C1CCC(NC(=O)N(C)C([2H])([2H])[2H])CC1. The van der Waals surface area contributed by atoms with Gasteiger partial charge in [-0.25, -0.2) is 4.79 Å². The molecule has 1 aromatic carbocycles. The highest BCUT2D eigenvalue weighted by atomic mass is 35.5. The summed E-state index contributed by atoms with van der Waals surface area (Å²) in [7, 11) is 1.26. The number of nitrogens with zero attached hydrogens (tertiary/aromatic N) is 3. The summed E-state index contributed by atoms with van der Waals surface area (Å²) in [5.74, 6) is -0.0738. The molecule has 2 fully saturated rings. The van der Waals surface area contributed by atoms with E-state index in [0.29, 0.717) is 32.2 Å². The van der Waals surface area contributed by atoms with Gasteiger partial charge in [-0.05, 0) is 63.1 Å². The number of aryl methyl sites for hydroxylation is 1. The molecule has 0 aromatic heterocycles. The lowest BCUT2D eigenvalue weighted by atomic mass is 9.84. The monoisotopic (exact) mass is 411 g/mol. The Labute approximate surface area is 182 Å². The number of halogens is 1. The summed E-state index contributed by atoms with van der Waals surface area (Å²) in [4.78, 5) is 17.3. The number of urea groups is 1. The van der Waals surface area contributed by atoms with Gasteiger partial charge in [-0.2, -0.15) is 0 Å². The van der Waals surface area contributed by atoms with Crippen molar-refractivity contribution in [3.8, 4) is 0 Å². The van der Waals surface area contributed by atoms with E-state index in [0.717, 1.165) is 47.4 Å². The average Bonchev–Trinajstić information content (AvgIpc) is 2.75. The van der Waals surface area contributed by atoms with Crippen LogP contribution in [0.1, 0.15) is 44.5 Å². The van der Waals surface area contributed by atoms with E-state index < -0.39 is 19.4 Å². The molecule has 6 heteroatoms. The van der Waals surface area contributed by atoms with Crippen molar-refractivity contribution in [2.75, 3.05) is 51.6 Å². The minimum absolute atomic E-state index is 0.0738. The van der Waals surface area contributed by atoms with Crippen LogP contribution >= 0.6 is 11.6 Å². The Morgan fingerprint density at radius 2 is 2.00 bits per heavy atom. The molecular weight excluding hydrogens is 372 g/mol. The molecule has 3 rings (SSSR count). The Morgan fingerprint density at radius 3 is 2.68 bits per heavy atom. The van der Waals surface area contributed by atoms with E-state index in [9.17, 15) is 4.79 Å². The quantitative estimate of drug-likeness (QED) is 0.796. The second-order valence-corrected chi connectivity index (χ2v) is 8.31. The Morgan fingerprint density at radius 1 is 1.29 bits per heavy atom. The largest absolute Gasteiger partial charge is 0.368 e. The molecular formula is C22H35ClN4O. The molecule has 1 aliphatic heterocycles. The fraction of sp³-hybridized carbons (Fsp3) is 0.682. The van der Waals surface area contributed by atoms with Crippen LogP contribution in [-0.4, -0.2) is 68.6 Å². The lowest BCUT2D eigenvalue weighted by Gasteiger charge is -2.37. The molecule has 1 aliphatic carbocycles. The van der Waals surface area contributed by atoms with E-state index in [2.05, 4.69) is 15.1 Å². The van der Waals surface area contributed by atoms with Gasteiger partial charge in [0, 0.05) is 53.1 Å². The van der Waals surface area contributed by atoms with Crippen LogP contribution in [0, 0.1) is 12.8 Å². The summed E-state index contributed by atoms with van der Waals surface area (Å²) in [6.07, 6.45) is 1.35. The Kier molecular flexibility index (Phi) is 5.41. The van der Waals surface area contributed by atoms with Crippen molar-refractivity contribution in [2.45, 2.75) is 45.0 Å². The lowest BCUT2D eigenvalue weighted by Crippen LogP contribution is -2.47. The molecule has 5 nitrogen and oxygen atoms in total. The van der Waals surface area contributed by atoms with E-state index in [4.69, 9.17) is 18.5 Å². The summed E-state index contributed by atoms with van der Waals surface area (Å²) < 4.78 is 39.4. The maximum absolute atomic E-state index is 12.1. The highest BCUT2D eigenvalue weighted by molar-refractivity contribution is 6.34. The van der Waals surface area contributed by atoms with Crippen LogP contribution in [0.3, 0.4) is 0 Å². The molecule has 0 atom stereocenters. The van der Waals surface area contributed by atoms with Crippen molar-refractivity contribution in [1.29, 1.82) is 0 Å². The van der Waals surface area contributed by atoms with E-state index in [1.54, 1.807) is 0 Å². The van der Waals surface area contributed by atoms with E-state index in [1.807, 2.05) is 25.1 Å².